The van der Waals surface area contributed by atoms with E-state index in [-0.39, 0.29) is 30.9 Å². The highest BCUT2D eigenvalue weighted by molar-refractivity contribution is 7.64. The van der Waals surface area contributed by atoms with Crippen molar-refractivity contribution < 1.29 is 61.1 Å². The number of phosphoric acid groups is 3. The van der Waals surface area contributed by atoms with Gasteiger partial charge in [-0.25, -0.2) is 9.11 Å². The predicted octanol–water partition coefficient (Wildman–Crippen LogP) is -1.76. The van der Waals surface area contributed by atoms with Gasteiger partial charge in [0, 0.05) is 42.7 Å². The van der Waals surface area contributed by atoms with Crippen LogP contribution in [-0.4, -0.2) is 50.9 Å². The molecule has 1 aliphatic rings. The average molecular weight is 690 g/mol. The largest absolute Gasteiger partial charge is 0.790 e. The molecule has 22 heteroatoms. The molecule has 0 radical (unpaired) electrons. The summed E-state index contributed by atoms with van der Waals surface area (Å²) in [6.45, 7) is -1.00. The van der Waals surface area contributed by atoms with Crippen LogP contribution < -0.4 is 36.1 Å². The van der Waals surface area contributed by atoms with Crippen LogP contribution in [0, 0.1) is 0 Å². The summed E-state index contributed by atoms with van der Waals surface area (Å²) in [5.74, 6) is -0.236. The zero-order valence-corrected chi connectivity index (χ0v) is 25.5. The Balaban J connectivity index is 1.31. The lowest BCUT2D eigenvalue weighted by atomic mass is 10.1. The molecule has 4 rings (SSSR count). The number of aromatic nitrogens is 3. The number of para-hydroxylation sites is 1. The number of hydrogen-bond acceptors (Lipinski definition) is 15. The number of H-pyrrole nitrogens is 2. The smallest absolute Gasteiger partial charge is 0.330 e. The van der Waals surface area contributed by atoms with Crippen LogP contribution in [0.5, 0.6) is 0 Å². The summed E-state index contributed by atoms with van der Waals surface area (Å²) in [6.07, 6.45) is 1.96. The minimum Gasteiger partial charge on any atom is -0.790 e. The Morgan fingerprint density at radius 2 is 1.87 bits per heavy atom. The molecular formula is C23H25N4O15P3-4. The van der Waals surface area contributed by atoms with Gasteiger partial charge in [0.25, 0.3) is 21.2 Å². The van der Waals surface area contributed by atoms with Crippen molar-refractivity contribution >= 4 is 46.4 Å². The number of carbonyl (C=O) groups excluding carboxylic acids is 1. The molecular weight excluding hydrogens is 665 g/mol. The van der Waals surface area contributed by atoms with Crippen LogP contribution in [0.25, 0.3) is 17.0 Å². The molecule has 1 aromatic carbocycles. The lowest BCUT2D eigenvalue weighted by Gasteiger charge is -2.37. The van der Waals surface area contributed by atoms with Crippen molar-refractivity contribution in [1.82, 2.24) is 19.9 Å². The Morgan fingerprint density at radius 1 is 1.13 bits per heavy atom. The molecule has 0 spiro atoms. The summed E-state index contributed by atoms with van der Waals surface area (Å²) in [5, 5.41) is 14.0. The molecule has 1 aliphatic heterocycles. The fraction of sp³-hybridized carbons (Fsp3) is 0.348. The molecule has 0 aliphatic carbocycles. The molecule has 1 amide bonds. The van der Waals surface area contributed by atoms with Crippen LogP contribution in [0.15, 0.2) is 52.3 Å². The average Bonchev–Trinajstić information content (AvgIpc) is 3.50. The number of aliphatic hydroxyl groups excluding tert-OH is 1. The summed E-state index contributed by atoms with van der Waals surface area (Å²) in [4.78, 5) is 86.1. The van der Waals surface area contributed by atoms with Gasteiger partial charge in [0.15, 0.2) is 0 Å². The molecule has 1 saturated heterocycles. The number of benzene rings is 1. The summed E-state index contributed by atoms with van der Waals surface area (Å²) >= 11 is 0. The molecule has 246 valence electrons. The highest BCUT2D eigenvalue weighted by Gasteiger charge is 2.37. The number of nitrogens with zero attached hydrogens (tertiary/aromatic N) is 1. The van der Waals surface area contributed by atoms with Gasteiger partial charge >= 0.3 is 5.69 Å². The van der Waals surface area contributed by atoms with Gasteiger partial charge in [-0.15, -0.1) is 0 Å². The van der Waals surface area contributed by atoms with E-state index >= 15 is 0 Å². The van der Waals surface area contributed by atoms with Gasteiger partial charge in [-0.2, -0.15) is 0 Å². The maximum absolute atomic E-state index is 12.4. The minimum absolute atomic E-state index is 0.0295. The molecule has 3 aromatic rings. The van der Waals surface area contributed by atoms with Crippen LogP contribution in [0.3, 0.4) is 0 Å². The molecule has 5 atom stereocenters. The number of phosphoric ester groups is 1. The zero-order chi connectivity index (χ0) is 33.0. The molecule has 4 N–H and O–H groups in total. The summed E-state index contributed by atoms with van der Waals surface area (Å²) in [6, 6.07) is 7.68. The zero-order valence-electron chi connectivity index (χ0n) is 22.8. The number of nitrogens with one attached hydrogen (secondary N) is 3. The number of aliphatic hydroxyl groups is 1. The van der Waals surface area contributed by atoms with Gasteiger partial charge in [0.05, 0.1) is 26.1 Å². The fourth-order valence-corrected chi connectivity index (χ4v) is 7.22. The van der Waals surface area contributed by atoms with E-state index in [0.29, 0.717) is 6.42 Å². The molecule has 0 bridgehead atoms. The van der Waals surface area contributed by atoms with Gasteiger partial charge in [0.2, 0.25) is 5.91 Å². The third-order valence-corrected chi connectivity index (χ3v) is 9.98. The lowest BCUT2D eigenvalue weighted by Crippen LogP contribution is -2.33. The van der Waals surface area contributed by atoms with Crippen LogP contribution in [0.4, 0.5) is 0 Å². The van der Waals surface area contributed by atoms with Crippen LogP contribution in [0.1, 0.15) is 30.2 Å². The van der Waals surface area contributed by atoms with Crippen LogP contribution in [0.2, 0.25) is 0 Å². The number of ether oxygens (including phenoxy) is 1. The van der Waals surface area contributed by atoms with Crippen molar-refractivity contribution in [3.8, 4) is 0 Å². The van der Waals surface area contributed by atoms with Gasteiger partial charge in [-0.3, -0.25) is 32.6 Å². The first-order chi connectivity index (χ1) is 21.0. The summed E-state index contributed by atoms with van der Waals surface area (Å²) in [5.41, 5.74) is 0.211. The number of carbonyl (C=O) groups is 1. The number of aromatic amines is 2. The lowest BCUT2D eigenvalue weighted by molar-refractivity contribution is -0.339. The predicted molar refractivity (Wildman–Crippen MR) is 145 cm³/mol. The summed E-state index contributed by atoms with van der Waals surface area (Å²) in [7, 11) is -18.2. The maximum atomic E-state index is 12.4. The number of amides is 1. The van der Waals surface area contributed by atoms with Crippen molar-refractivity contribution in [2.24, 2.45) is 0 Å². The molecule has 45 heavy (non-hydrogen) atoms. The van der Waals surface area contributed by atoms with E-state index in [2.05, 4.69) is 28.4 Å². The van der Waals surface area contributed by atoms with Gasteiger partial charge in [-0.1, -0.05) is 30.4 Å². The molecule has 2 aromatic heterocycles. The molecule has 19 nitrogen and oxygen atoms in total. The number of fused-ring (bicyclic) bond motifs is 1. The monoisotopic (exact) mass is 690 g/mol. The standard InChI is InChI=1S/C23H29N4O15P3/c28-18-10-21(40-19(18)13-39-44(35,36)42-45(37,38)41-43(32,33)34)27-12-15(22(30)26-23(27)31)4-3-9-24-20(29)8-7-14-11-25-17-6-2-1-5-16(14)17/h1-6,11-12,18-19,21,25,28H,7-10,13H2,(H,24,29)(H,35,36)(H,37,38)(H,26,30,31)(H2,32,33,34)/p-4. The molecule has 3 heterocycles. The highest BCUT2D eigenvalue weighted by atomic mass is 31.3. The van der Waals surface area contributed by atoms with Gasteiger partial charge in [0.1, 0.15) is 12.3 Å². The Labute approximate surface area is 252 Å². The molecule has 5 unspecified atom stereocenters. The molecule has 1 fully saturated rings. The minimum atomic E-state index is -6.18. The second-order valence-corrected chi connectivity index (χ2v) is 13.8. The van der Waals surface area contributed by atoms with Crippen molar-refractivity contribution in [2.45, 2.75) is 37.7 Å². The summed E-state index contributed by atoms with van der Waals surface area (Å²) < 4.78 is 50.6. The van der Waals surface area contributed by atoms with Crippen molar-refractivity contribution in [3.63, 3.8) is 0 Å². The van der Waals surface area contributed by atoms with E-state index in [9.17, 15) is 52.8 Å². The van der Waals surface area contributed by atoms with E-state index in [4.69, 9.17) is 4.74 Å². The topological polar surface area (TPSA) is 300 Å². The Bertz CT molecular complexity index is 1830. The van der Waals surface area contributed by atoms with Crippen molar-refractivity contribution in [3.05, 3.63) is 74.7 Å². The van der Waals surface area contributed by atoms with Gasteiger partial charge in [-0.05, 0) is 18.1 Å². The number of hydrogen-bond donors (Lipinski definition) is 4. The third-order valence-electron chi connectivity index (χ3n) is 6.32. The van der Waals surface area contributed by atoms with Crippen LogP contribution >= 0.6 is 23.5 Å². The Morgan fingerprint density at radius 3 is 2.60 bits per heavy atom. The second kappa shape index (κ2) is 14.2. The second-order valence-electron chi connectivity index (χ2n) is 9.55. The van der Waals surface area contributed by atoms with Gasteiger partial charge < -0.3 is 48.8 Å². The first-order valence-corrected chi connectivity index (χ1v) is 17.3. The van der Waals surface area contributed by atoms with Crippen molar-refractivity contribution in [1.29, 1.82) is 0 Å². The Hall–Kier alpha value is -3.02. The molecule has 0 saturated carbocycles. The first-order valence-electron chi connectivity index (χ1n) is 12.9. The van der Waals surface area contributed by atoms with E-state index in [1.54, 1.807) is 0 Å². The first kappa shape index (κ1) is 34.8. The van der Waals surface area contributed by atoms with Crippen LogP contribution in [-0.2, 0) is 42.8 Å². The van der Waals surface area contributed by atoms with E-state index in [1.165, 1.54) is 12.2 Å². The van der Waals surface area contributed by atoms with E-state index in [1.807, 2.05) is 30.5 Å². The maximum Gasteiger partial charge on any atom is 0.330 e. The fourth-order valence-electron chi connectivity index (χ4n) is 4.35. The normalized spacial score (nSPS) is 21.6. The van der Waals surface area contributed by atoms with E-state index < -0.39 is 59.8 Å². The quantitative estimate of drug-likeness (QED) is 0.136. The number of rotatable bonds is 14. The van der Waals surface area contributed by atoms with Crippen molar-refractivity contribution in [2.75, 3.05) is 13.2 Å². The van der Waals surface area contributed by atoms with E-state index in [0.717, 1.165) is 27.2 Å². The number of aryl methyl sites for hydroxylation is 1. The SMILES string of the molecule is O=C(CCc1c[nH]c2ccccc12)NCC=Cc1cn(C2CC(O)C(COP(=O)([O-])OP(=O)([O-])OP(=O)([O-])[O-])O2)c(=O)[nH]c1=O. The highest BCUT2D eigenvalue weighted by Crippen LogP contribution is 2.60. The third kappa shape index (κ3) is 9.98. The Kier molecular flexibility index (Phi) is 11.0.